The average Bonchev–Trinajstić information content (AvgIpc) is 3.18. The highest BCUT2D eigenvalue weighted by molar-refractivity contribution is 5.89. The van der Waals surface area contributed by atoms with Crippen LogP contribution in [-0.2, 0) is 0 Å². The summed E-state index contributed by atoms with van der Waals surface area (Å²) in [6.07, 6.45) is 9.39. The van der Waals surface area contributed by atoms with Crippen LogP contribution in [0.3, 0.4) is 0 Å². The van der Waals surface area contributed by atoms with Gasteiger partial charge >= 0.3 is 6.03 Å². The highest BCUT2D eigenvalue weighted by Gasteiger charge is 2.09. The van der Waals surface area contributed by atoms with Crippen molar-refractivity contribution in [1.82, 2.24) is 15.2 Å². The zero-order chi connectivity index (χ0) is 17.3. The molecule has 6 heteroatoms. The molecule has 2 aromatic heterocycles. The molecule has 3 rings (SSSR count). The van der Waals surface area contributed by atoms with Crippen molar-refractivity contribution in [3.63, 3.8) is 0 Å². The number of likely N-dealkylation sites (tertiary alicyclic amines) is 1. The fraction of sp³-hybridized carbons (Fsp3) is 0.474. The molecule has 2 N–H and O–H groups in total. The van der Waals surface area contributed by atoms with Crippen LogP contribution in [0.2, 0.25) is 0 Å². The van der Waals surface area contributed by atoms with Gasteiger partial charge in [-0.2, -0.15) is 0 Å². The lowest BCUT2D eigenvalue weighted by atomic mass is 10.1. The first kappa shape index (κ1) is 17.5. The molecular formula is C19H26N4O2. The van der Waals surface area contributed by atoms with E-state index in [1.165, 1.54) is 32.4 Å². The van der Waals surface area contributed by atoms with Gasteiger partial charge in [-0.1, -0.05) is 6.42 Å². The lowest BCUT2D eigenvalue weighted by molar-refractivity contribution is 0.224. The minimum Gasteiger partial charge on any atom is -0.463 e. The van der Waals surface area contributed by atoms with Crippen LogP contribution in [0.15, 0.2) is 41.1 Å². The molecule has 0 spiro atoms. The number of unbranched alkanes of at least 4 members (excludes halogenated alkanes) is 1. The Hall–Kier alpha value is -2.34. The lowest BCUT2D eigenvalue weighted by Gasteiger charge is -2.26. The molecule has 0 saturated carbocycles. The van der Waals surface area contributed by atoms with Crippen LogP contribution >= 0.6 is 0 Å². The van der Waals surface area contributed by atoms with Crippen molar-refractivity contribution in [3.8, 4) is 11.5 Å². The largest absolute Gasteiger partial charge is 0.463 e. The van der Waals surface area contributed by atoms with Crippen LogP contribution in [0.25, 0.3) is 11.5 Å². The van der Waals surface area contributed by atoms with Crippen molar-refractivity contribution >= 4 is 11.7 Å². The lowest BCUT2D eigenvalue weighted by Crippen LogP contribution is -2.32. The predicted molar refractivity (Wildman–Crippen MR) is 98.5 cm³/mol. The van der Waals surface area contributed by atoms with Crippen molar-refractivity contribution in [2.45, 2.75) is 32.1 Å². The highest BCUT2D eigenvalue weighted by Crippen LogP contribution is 2.18. The Balaban J connectivity index is 1.32. The molecule has 0 unspecified atom stereocenters. The first-order valence-electron chi connectivity index (χ1n) is 9.08. The summed E-state index contributed by atoms with van der Waals surface area (Å²) >= 11 is 0. The van der Waals surface area contributed by atoms with Gasteiger partial charge in [0.05, 0.1) is 18.1 Å². The normalized spacial score (nSPS) is 15.0. The second-order valence-corrected chi connectivity index (χ2v) is 6.40. The molecule has 6 nitrogen and oxygen atoms in total. The molecule has 1 saturated heterocycles. The summed E-state index contributed by atoms with van der Waals surface area (Å²) in [6, 6.07) is 7.13. The summed E-state index contributed by atoms with van der Waals surface area (Å²) in [4.78, 5) is 18.7. The molecule has 2 aromatic rings. The number of amides is 2. The topological polar surface area (TPSA) is 70.4 Å². The number of carbonyl (C=O) groups excluding carboxylic acids is 1. The number of aromatic nitrogens is 1. The molecule has 2 amide bonds. The number of pyridine rings is 1. The molecule has 0 aromatic carbocycles. The van der Waals surface area contributed by atoms with Gasteiger partial charge in [-0.3, -0.25) is 4.98 Å². The summed E-state index contributed by atoms with van der Waals surface area (Å²) in [6.45, 7) is 4.29. The van der Waals surface area contributed by atoms with Gasteiger partial charge < -0.3 is 20.0 Å². The Bertz CT molecular complexity index is 634. The monoisotopic (exact) mass is 342 g/mol. The third-order valence-corrected chi connectivity index (χ3v) is 4.43. The van der Waals surface area contributed by atoms with E-state index < -0.39 is 0 Å². The number of furan rings is 1. The quantitative estimate of drug-likeness (QED) is 0.752. The standard InChI is InChI=1S/C19H26N4O2/c24-19(20-10-2-5-13-23-11-3-1-4-12-23)22-16-8-9-17(21-15-16)18-7-6-14-25-18/h6-9,14-15H,1-5,10-13H2,(H2,20,22,24). The molecule has 0 bridgehead atoms. The summed E-state index contributed by atoms with van der Waals surface area (Å²) in [5.74, 6) is 0.713. The van der Waals surface area contributed by atoms with E-state index in [0.717, 1.165) is 25.1 Å². The summed E-state index contributed by atoms with van der Waals surface area (Å²) in [7, 11) is 0. The summed E-state index contributed by atoms with van der Waals surface area (Å²) in [5, 5.41) is 5.70. The second kappa shape index (κ2) is 9.22. The van der Waals surface area contributed by atoms with Gasteiger partial charge in [-0.05, 0) is 69.6 Å². The van der Waals surface area contributed by atoms with Crippen molar-refractivity contribution in [2.24, 2.45) is 0 Å². The minimum atomic E-state index is -0.189. The van der Waals surface area contributed by atoms with Crippen molar-refractivity contribution in [3.05, 3.63) is 36.7 Å². The van der Waals surface area contributed by atoms with E-state index in [2.05, 4.69) is 20.5 Å². The minimum absolute atomic E-state index is 0.189. The van der Waals surface area contributed by atoms with E-state index in [9.17, 15) is 4.79 Å². The third kappa shape index (κ3) is 5.60. The third-order valence-electron chi connectivity index (χ3n) is 4.43. The maximum atomic E-state index is 11.9. The maximum absolute atomic E-state index is 11.9. The second-order valence-electron chi connectivity index (χ2n) is 6.40. The molecule has 0 aliphatic carbocycles. The number of nitrogens with one attached hydrogen (secondary N) is 2. The van der Waals surface area contributed by atoms with Gasteiger partial charge in [0.1, 0.15) is 5.69 Å². The molecule has 0 radical (unpaired) electrons. The molecule has 1 aliphatic rings. The first-order chi connectivity index (χ1) is 12.3. The van der Waals surface area contributed by atoms with Crippen LogP contribution in [-0.4, -0.2) is 42.1 Å². The number of rotatable bonds is 7. The van der Waals surface area contributed by atoms with E-state index >= 15 is 0 Å². The first-order valence-corrected chi connectivity index (χ1v) is 9.08. The zero-order valence-corrected chi connectivity index (χ0v) is 14.5. The molecule has 134 valence electrons. The zero-order valence-electron chi connectivity index (χ0n) is 14.5. The van der Waals surface area contributed by atoms with Crippen LogP contribution in [0.4, 0.5) is 10.5 Å². The smallest absolute Gasteiger partial charge is 0.319 e. The van der Waals surface area contributed by atoms with Crippen molar-refractivity contribution in [1.29, 1.82) is 0 Å². The molecule has 1 fully saturated rings. The number of hydrogen-bond donors (Lipinski definition) is 2. The van der Waals surface area contributed by atoms with Gasteiger partial charge in [-0.15, -0.1) is 0 Å². The Labute approximate surface area is 148 Å². The molecular weight excluding hydrogens is 316 g/mol. The molecule has 1 aliphatic heterocycles. The summed E-state index contributed by atoms with van der Waals surface area (Å²) < 4.78 is 5.29. The van der Waals surface area contributed by atoms with Crippen LogP contribution in [0, 0.1) is 0 Å². The average molecular weight is 342 g/mol. The van der Waals surface area contributed by atoms with Crippen molar-refractivity contribution in [2.75, 3.05) is 31.5 Å². The number of carbonyl (C=O) groups is 1. The van der Waals surface area contributed by atoms with Gasteiger partial charge in [0, 0.05) is 6.54 Å². The molecule has 0 atom stereocenters. The van der Waals surface area contributed by atoms with Gasteiger partial charge in [-0.25, -0.2) is 4.79 Å². The highest BCUT2D eigenvalue weighted by atomic mass is 16.3. The van der Waals surface area contributed by atoms with Gasteiger partial charge in [0.25, 0.3) is 0 Å². The van der Waals surface area contributed by atoms with E-state index in [0.29, 0.717) is 18.0 Å². The molecule has 3 heterocycles. The molecule has 25 heavy (non-hydrogen) atoms. The SMILES string of the molecule is O=C(NCCCCN1CCCCC1)Nc1ccc(-c2ccco2)nc1. The Morgan fingerprint density at radius 2 is 2.04 bits per heavy atom. The maximum Gasteiger partial charge on any atom is 0.319 e. The number of urea groups is 1. The predicted octanol–water partition coefficient (Wildman–Crippen LogP) is 3.73. The number of piperidine rings is 1. The number of hydrogen-bond acceptors (Lipinski definition) is 4. The Morgan fingerprint density at radius 1 is 1.16 bits per heavy atom. The van der Waals surface area contributed by atoms with E-state index in [-0.39, 0.29) is 6.03 Å². The Kier molecular flexibility index (Phi) is 6.45. The fourth-order valence-electron chi connectivity index (χ4n) is 3.06. The fourth-order valence-corrected chi connectivity index (χ4v) is 3.06. The Morgan fingerprint density at radius 3 is 2.76 bits per heavy atom. The van der Waals surface area contributed by atoms with Gasteiger partial charge in [0.2, 0.25) is 0 Å². The number of nitrogens with zero attached hydrogens (tertiary/aromatic N) is 2. The van der Waals surface area contributed by atoms with Crippen LogP contribution < -0.4 is 10.6 Å². The van der Waals surface area contributed by atoms with Gasteiger partial charge in [0.15, 0.2) is 5.76 Å². The number of anilines is 1. The van der Waals surface area contributed by atoms with E-state index in [1.54, 1.807) is 12.5 Å². The van der Waals surface area contributed by atoms with E-state index in [4.69, 9.17) is 4.42 Å². The summed E-state index contributed by atoms with van der Waals surface area (Å²) in [5.41, 5.74) is 1.41. The van der Waals surface area contributed by atoms with E-state index in [1.807, 2.05) is 24.3 Å². The van der Waals surface area contributed by atoms with Crippen LogP contribution in [0.1, 0.15) is 32.1 Å². The van der Waals surface area contributed by atoms with Crippen LogP contribution in [0.5, 0.6) is 0 Å². The van der Waals surface area contributed by atoms with Crippen molar-refractivity contribution < 1.29 is 9.21 Å².